The monoisotopic (exact) mass is 441 g/mol. The van der Waals surface area contributed by atoms with Gasteiger partial charge >= 0.3 is 0 Å². The Kier molecular flexibility index (Phi) is 5.22. The molecule has 3 aromatic carbocycles. The maximum absolute atomic E-state index is 13.8. The average Bonchev–Trinajstić information content (AvgIpc) is 3.24. The van der Waals surface area contributed by atoms with Crippen LogP contribution in [0.1, 0.15) is 31.8 Å². The van der Waals surface area contributed by atoms with Crippen LogP contribution in [0.3, 0.4) is 0 Å². The average molecular weight is 441 g/mol. The molecule has 1 aliphatic heterocycles. The molecule has 0 fully saturated rings. The number of carbonyl (C=O) groups is 2. The Bertz CT molecular complexity index is 1360. The van der Waals surface area contributed by atoms with Crippen LogP contribution in [0.5, 0.6) is 0 Å². The third-order valence-corrected chi connectivity index (χ3v) is 5.84. The quantitative estimate of drug-likeness (QED) is 0.472. The van der Waals surface area contributed by atoms with Crippen molar-refractivity contribution in [2.75, 3.05) is 16.8 Å². The summed E-state index contributed by atoms with van der Waals surface area (Å²) in [4.78, 5) is 27.7. The molecule has 0 radical (unpaired) electrons. The first kappa shape index (κ1) is 20.6. The van der Waals surface area contributed by atoms with Crippen molar-refractivity contribution in [1.29, 1.82) is 0 Å². The zero-order chi connectivity index (χ0) is 22.9. The largest absolute Gasteiger partial charge is 0.356 e. The number of amides is 2. The highest BCUT2D eigenvalue weighted by Crippen LogP contribution is 2.36. The number of para-hydroxylation sites is 1. The molecule has 5 rings (SSSR count). The van der Waals surface area contributed by atoms with Crippen LogP contribution in [0, 0.1) is 12.7 Å². The van der Waals surface area contributed by atoms with Crippen LogP contribution >= 0.6 is 0 Å². The fourth-order valence-electron chi connectivity index (χ4n) is 4.03. The Hall–Kier alpha value is -4.26. The summed E-state index contributed by atoms with van der Waals surface area (Å²) in [7, 11) is 0. The molecule has 0 saturated carbocycles. The number of anilines is 2. The SMILES string of the molecule is Cc1c(F)cccc1C(=O)Nc1ccc(C(=O)N2CCc3cnoc3-c3ccccc32)cc1. The van der Waals surface area contributed by atoms with Gasteiger partial charge in [-0.05, 0) is 67.4 Å². The number of rotatable bonds is 3. The van der Waals surface area contributed by atoms with Crippen LogP contribution in [0.4, 0.5) is 15.8 Å². The fraction of sp³-hybridized carbons (Fsp3) is 0.115. The summed E-state index contributed by atoms with van der Waals surface area (Å²) in [6, 6.07) is 18.6. The van der Waals surface area contributed by atoms with Gasteiger partial charge in [-0.25, -0.2) is 4.39 Å². The van der Waals surface area contributed by atoms with E-state index in [4.69, 9.17) is 4.52 Å². The Labute approximate surface area is 189 Å². The number of fused-ring (bicyclic) bond motifs is 3. The molecule has 7 heteroatoms. The van der Waals surface area contributed by atoms with E-state index in [1.807, 2.05) is 24.3 Å². The smallest absolute Gasteiger partial charge is 0.258 e. The normalized spacial score (nSPS) is 12.5. The maximum atomic E-state index is 13.8. The molecule has 0 spiro atoms. The van der Waals surface area contributed by atoms with Gasteiger partial charge in [-0.3, -0.25) is 9.59 Å². The van der Waals surface area contributed by atoms with E-state index in [0.29, 0.717) is 30.0 Å². The highest BCUT2D eigenvalue weighted by atomic mass is 19.1. The lowest BCUT2D eigenvalue weighted by molar-refractivity contribution is 0.0986. The molecule has 0 bridgehead atoms. The number of halogens is 1. The number of nitrogens with zero attached hydrogens (tertiary/aromatic N) is 2. The van der Waals surface area contributed by atoms with E-state index in [1.165, 1.54) is 12.1 Å². The minimum atomic E-state index is -0.432. The summed E-state index contributed by atoms with van der Waals surface area (Å²) in [6.07, 6.45) is 2.32. The molecule has 1 aromatic heterocycles. The molecule has 0 saturated heterocycles. The third kappa shape index (κ3) is 3.78. The van der Waals surface area contributed by atoms with Gasteiger partial charge in [0, 0.05) is 34.5 Å². The van der Waals surface area contributed by atoms with E-state index in [9.17, 15) is 14.0 Å². The summed E-state index contributed by atoms with van der Waals surface area (Å²) in [6.45, 7) is 2.05. The first-order valence-corrected chi connectivity index (χ1v) is 10.5. The van der Waals surface area contributed by atoms with E-state index < -0.39 is 11.7 Å². The number of aromatic nitrogens is 1. The summed E-state index contributed by atoms with van der Waals surface area (Å²) in [5.41, 5.74) is 4.10. The zero-order valence-corrected chi connectivity index (χ0v) is 17.8. The molecule has 0 atom stereocenters. The van der Waals surface area contributed by atoms with Crippen LogP contribution in [-0.2, 0) is 6.42 Å². The van der Waals surface area contributed by atoms with Gasteiger partial charge in [-0.15, -0.1) is 0 Å². The Balaban J connectivity index is 1.37. The Morgan fingerprint density at radius 2 is 1.82 bits per heavy atom. The second-order valence-corrected chi connectivity index (χ2v) is 7.85. The van der Waals surface area contributed by atoms with Crippen LogP contribution < -0.4 is 10.2 Å². The molecule has 0 aliphatic carbocycles. The Morgan fingerprint density at radius 3 is 2.64 bits per heavy atom. The second kappa shape index (κ2) is 8.35. The third-order valence-electron chi connectivity index (χ3n) is 5.84. The minimum Gasteiger partial charge on any atom is -0.356 e. The number of hydrogen-bond acceptors (Lipinski definition) is 4. The molecule has 6 nitrogen and oxygen atoms in total. The van der Waals surface area contributed by atoms with Crippen molar-refractivity contribution in [2.45, 2.75) is 13.3 Å². The summed E-state index contributed by atoms with van der Waals surface area (Å²) in [5.74, 6) is -0.306. The van der Waals surface area contributed by atoms with E-state index in [-0.39, 0.29) is 17.0 Å². The number of carbonyl (C=O) groups excluding carboxylic acids is 2. The van der Waals surface area contributed by atoms with E-state index >= 15 is 0 Å². The molecular weight excluding hydrogens is 421 g/mol. The zero-order valence-electron chi connectivity index (χ0n) is 17.8. The number of hydrogen-bond donors (Lipinski definition) is 1. The topological polar surface area (TPSA) is 75.4 Å². The van der Waals surface area contributed by atoms with Crippen molar-refractivity contribution >= 4 is 23.2 Å². The molecule has 2 amide bonds. The second-order valence-electron chi connectivity index (χ2n) is 7.85. The van der Waals surface area contributed by atoms with Crippen molar-refractivity contribution in [2.24, 2.45) is 0 Å². The van der Waals surface area contributed by atoms with Crippen LogP contribution in [-0.4, -0.2) is 23.5 Å². The molecule has 4 aromatic rings. The summed E-state index contributed by atoms with van der Waals surface area (Å²) in [5, 5.41) is 6.66. The standard InChI is InChI=1S/C26H20FN3O3/c1-16-20(6-4-7-22(16)27)25(31)29-19-11-9-17(10-12-19)26(32)30-14-13-18-15-28-33-24(18)21-5-2-3-8-23(21)30/h2-12,15H,13-14H2,1H3,(H,29,31). The molecule has 0 unspecified atom stereocenters. The van der Waals surface area contributed by atoms with Crippen molar-refractivity contribution in [3.8, 4) is 11.3 Å². The Morgan fingerprint density at radius 1 is 1.03 bits per heavy atom. The maximum Gasteiger partial charge on any atom is 0.258 e. The first-order chi connectivity index (χ1) is 16.0. The van der Waals surface area contributed by atoms with Crippen molar-refractivity contribution in [3.63, 3.8) is 0 Å². The van der Waals surface area contributed by atoms with E-state index in [2.05, 4.69) is 10.5 Å². The van der Waals surface area contributed by atoms with Gasteiger partial charge < -0.3 is 14.7 Å². The van der Waals surface area contributed by atoms with Gasteiger partial charge in [0.1, 0.15) is 5.82 Å². The van der Waals surface area contributed by atoms with Gasteiger partial charge in [0.2, 0.25) is 0 Å². The molecule has 1 N–H and O–H groups in total. The molecule has 2 heterocycles. The van der Waals surface area contributed by atoms with Crippen molar-refractivity contribution in [1.82, 2.24) is 5.16 Å². The van der Waals surface area contributed by atoms with E-state index in [1.54, 1.807) is 48.4 Å². The van der Waals surface area contributed by atoms with Gasteiger partial charge in [0.05, 0.1) is 11.9 Å². The number of nitrogens with one attached hydrogen (secondary N) is 1. The van der Waals surface area contributed by atoms with Crippen molar-refractivity contribution in [3.05, 3.63) is 101 Å². The van der Waals surface area contributed by atoms with Gasteiger partial charge in [0.15, 0.2) is 5.76 Å². The highest BCUT2D eigenvalue weighted by Gasteiger charge is 2.27. The molecule has 33 heavy (non-hydrogen) atoms. The molecule has 164 valence electrons. The molecule has 1 aliphatic rings. The lowest BCUT2D eigenvalue weighted by Crippen LogP contribution is -2.32. The van der Waals surface area contributed by atoms with E-state index in [0.717, 1.165) is 16.8 Å². The van der Waals surface area contributed by atoms with Gasteiger partial charge in [-0.2, -0.15) is 0 Å². The van der Waals surface area contributed by atoms with Gasteiger partial charge in [-0.1, -0.05) is 23.4 Å². The lowest BCUT2D eigenvalue weighted by Gasteiger charge is -2.23. The highest BCUT2D eigenvalue weighted by molar-refractivity contribution is 6.09. The van der Waals surface area contributed by atoms with Crippen molar-refractivity contribution < 1.29 is 18.5 Å². The van der Waals surface area contributed by atoms with Gasteiger partial charge in [0.25, 0.3) is 11.8 Å². The summed E-state index contributed by atoms with van der Waals surface area (Å²) < 4.78 is 19.2. The van der Waals surface area contributed by atoms with Crippen LogP contribution in [0.15, 0.2) is 77.4 Å². The lowest BCUT2D eigenvalue weighted by atomic mass is 10.1. The first-order valence-electron chi connectivity index (χ1n) is 10.5. The predicted molar refractivity (Wildman–Crippen MR) is 123 cm³/mol. The fourth-order valence-corrected chi connectivity index (χ4v) is 4.03. The van der Waals surface area contributed by atoms with Crippen LogP contribution in [0.2, 0.25) is 0 Å². The summed E-state index contributed by atoms with van der Waals surface area (Å²) >= 11 is 0. The molecular formula is C26H20FN3O3. The van der Waals surface area contributed by atoms with Crippen LogP contribution in [0.25, 0.3) is 11.3 Å². The predicted octanol–water partition coefficient (Wildman–Crippen LogP) is 5.24. The minimum absolute atomic E-state index is 0.153. The number of benzene rings is 3.